The Kier molecular flexibility index (Phi) is 5.49. The molecule has 1 saturated carbocycles. The van der Waals surface area contributed by atoms with Crippen LogP contribution in [-0.4, -0.2) is 49.8 Å². The molecule has 0 bridgehead atoms. The topological polar surface area (TPSA) is 24.5 Å². The molecule has 1 aliphatic heterocycles. The Morgan fingerprint density at radius 1 is 1.25 bits per heavy atom. The lowest BCUT2D eigenvalue weighted by molar-refractivity contribution is 0.0294. The molecular formula is C17H34N2O. The maximum atomic E-state index is 5.85. The van der Waals surface area contributed by atoms with Gasteiger partial charge < -0.3 is 10.1 Å². The van der Waals surface area contributed by atoms with Gasteiger partial charge in [0.2, 0.25) is 0 Å². The van der Waals surface area contributed by atoms with Crippen LogP contribution in [0, 0.1) is 17.3 Å². The van der Waals surface area contributed by atoms with E-state index < -0.39 is 0 Å². The number of ether oxygens (including phenoxy) is 1. The van der Waals surface area contributed by atoms with Gasteiger partial charge in [0.25, 0.3) is 0 Å². The minimum atomic E-state index is 0.328. The Morgan fingerprint density at radius 2 is 1.95 bits per heavy atom. The van der Waals surface area contributed by atoms with Gasteiger partial charge in [-0.1, -0.05) is 34.6 Å². The summed E-state index contributed by atoms with van der Waals surface area (Å²) in [6.07, 6.45) is 2.77. The van der Waals surface area contributed by atoms with Gasteiger partial charge in [-0.3, -0.25) is 4.90 Å². The molecule has 2 atom stereocenters. The molecule has 3 nitrogen and oxygen atoms in total. The van der Waals surface area contributed by atoms with E-state index in [9.17, 15) is 0 Å². The highest BCUT2D eigenvalue weighted by molar-refractivity contribution is 4.92. The normalized spacial score (nSPS) is 29.1. The van der Waals surface area contributed by atoms with Gasteiger partial charge in [-0.2, -0.15) is 0 Å². The largest absolute Gasteiger partial charge is 0.380 e. The summed E-state index contributed by atoms with van der Waals surface area (Å²) in [5.41, 5.74) is 0.328. The van der Waals surface area contributed by atoms with Gasteiger partial charge in [0.1, 0.15) is 0 Å². The van der Waals surface area contributed by atoms with Crippen molar-refractivity contribution in [2.24, 2.45) is 17.3 Å². The number of nitrogens with zero attached hydrogens (tertiary/aromatic N) is 1. The summed E-state index contributed by atoms with van der Waals surface area (Å²) in [4.78, 5) is 2.66. The van der Waals surface area contributed by atoms with Crippen LogP contribution >= 0.6 is 0 Å². The smallest absolute Gasteiger partial charge is 0.0593 e. The molecule has 0 amide bonds. The standard InChI is InChI=1S/C17H34N2O/c1-13(2)15-10-18-16(17(3,4)5)11-19(15)8-9-20-12-14-6-7-14/h13-16,18H,6-12H2,1-5H3. The van der Waals surface area contributed by atoms with Gasteiger partial charge in [0, 0.05) is 38.3 Å². The van der Waals surface area contributed by atoms with Crippen LogP contribution in [0.25, 0.3) is 0 Å². The predicted octanol–water partition coefficient (Wildman–Crippen LogP) is 2.76. The van der Waals surface area contributed by atoms with Crippen LogP contribution in [-0.2, 0) is 4.74 Å². The number of hydrogen-bond acceptors (Lipinski definition) is 3. The van der Waals surface area contributed by atoms with Crippen molar-refractivity contribution in [1.82, 2.24) is 10.2 Å². The lowest BCUT2D eigenvalue weighted by Gasteiger charge is -2.46. The maximum Gasteiger partial charge on any atom is 0.0593 e. The van der Waals surface area contributed by atoms with Crippen LogP contribution < -0.4 is 5.32 Å². The highest BCUT2D eigenvalue weighted by atomic mass is 16.5. The number of nitrogens with one attached hydrogen (secondary N) is 1. The molecule has 2 aliphatic rings. The molecule has 0 radical (unpaired) electrons. The molecule has 0 aromatic rings. The van der Waals surface area contributed by atoms with Crippen molar-refractivity contribution in [3.8, 4) is 0 Å². The van der Waals surface area contributed by atoms with Gasteiger partial charge in [-0.25, -0.2) is 0 Å². The minimum absolute atomic E-state index is 0.328. The van der Waals surface area contributed by atoms with E-state index in [1.54, 1.807) is 0 Å². The fourth-order valence-electron chi connectivity index (χ4n) is 3.04. The molecule has 3 heteroatoms. The molecule has 2 unspecified atom stereocenters. The van der Waals surface area contributed by atoms with Gasteiger partial charge in [0.05, 0.1) is 6.61 Å². The van der Waals surface area contributed by atoms with Crippen molar-refractivity contribution >= 4 is 0 Å². The van der Waals surface area contributed by atoms with E-state index in [1.807, 2.05) is 0 Å². The summed E-state index contributed by atoms with van der Waals surface area (Å²) >= 11 is 0. The third-order valence-corrected chi connectivity index (χ3v) is 4.85. The van der Waals surface area contributed by atoms with E-state index in [0.717, 1.165) is 38.8 Å². The fraction of sp³-hybridized carbons (Fsp3) is 1.00. The number of piperazine rings is 1. The fourth-order valence-corrected chi connectivity index (χ4v) is 3.04. The van der Waals surface area contributed by atoms with Crippen LogP contribution in [0.4, 0.5) is 0 Å². The summed E-state index contributed by atoms with van der Waals surface area (Å²) in [6, 6.07) is 1.24. The molecule has 2 rings (SSSR count). The highest BCUT2D eigenvalue weighted by Gasteiger charge is 2.35. The van der Waals surface area contributed by atoms with Crippen molar-refractivity contribution in [2.45, 2.75) is 59.5 Å². The van der Waals surface area contributed by atoms with E-state index in [1.165, 1.54) is 12.8 Å². The zero-order chi connectivity index (χ0) is 14.8. The van der Waals surface area contributed by atoms with Crippen molar-refractivity contribution in [2.75, 3.05) is 32.8 Å². The van der Waals surface area contributed by atoms with Crippen molar-refractivity contribution < 1.29 is 4.74 Å². The van der Waals surface area contributed by atoms with Crippen molar-refractivity contribution in [3.63, 3.8) is 0 Å². The summed E-state index contributed by atoms with van der Waals surface area (Å²) < 4.78 is 5.85. The molecule has 0 aromatic heterocycles. The lowest BCUT2D eigenvalue weighted by Crippen LogP contribution is -2.62. The first-order chi connectivity index (χ1) is 9.38. The Morgan fingerprint density at radius 3 is 2.50 bits per heavy atom. The predicted molar refractivity (Wildman–Crippen MR) is 85.0 cm³/mol. The van der Waals surface area contributed by atoms with Gasteiger partial charge >= 0.3 is 0 Å². The van der Waals surface area contributed by atoms with Gasteiger partial charge in [0.15, 0.2) is 0 Å². The van der Waals surface area contributed by atoms with E-state index in [4.69, 9.17) is 4.74 Å². The van der Waals surface area contributed by atoms with Crippen LogP contribution in [0.3, 0.4) is 0 Å². The van der Waals surface area contributed by atoms with E-state index >= 15 is 0 Å². The molecule has 0 aromatic carbocycles. The van der Waals surface area contributed by atoms with Crippen molar-refractivity contribution in [1.29, 1.82) is 0 Å². The van der Waals surface area contributed by atoms with Crippen LogP contribution in [0.5, 0.6) is 0 Å². The lowest BCUT2D eigenvalue weighted by atomic mass is 9.83. The number of hydrogen-bond donors (Lipinski definition) is 1. The molecule has 2 fully saturated rings. The Bertz CT molecular complexity index is 294. The average Bonchev–Trinajstić information content (AvgIpc) is 3.17. The summed E-state index contributed by atoms with van der Waals surface area (Å²) in [5.74, 6) is 1.58. The van der Waals surface area contributed by atoms with E-state index in [0.29, 0.717) is 23.4 Å². The molecule has 118 valence electrons. The second-order valence-corrected chi connectivity index (χ2v) is 8.15. The SMILES string of the molecule is CC(C)C1CNC(C(C)(C)C)CN1CCOCC1CC1. The zero-order valence-corrected chi connectivity index (χ0v) is 14.1. The van der Waals surface area contributed by atoms with E-state index in [-0.39, 0.29) is 0 Å². The van der Waals surface area contributed by atoms with Crippen LogP contribution in [0.1, 0.15) is 47.5 Å². The van der Waals surface area contributed by atoms with Crippen LogP contribution in [0.2, 0.25) is 0 Å². The zero-order valence-electron chi connectivity index (χ0n) is 14.1. The van der Waals surface area contributed by atoms with Gasteiger partial charge in [-0.05, 0) is 30.1 Å². The number of rotatable bonds is 6. The van der Waals surface area contributed by atoms with Gasteiger partial charge in [-0.15, -0.1) is 0 Å². The first-order valence-electron chi connectivity index (χ1n) is 8.43. The average molecular weight is 282 g/mol. The quantitative estimate of drug-likeness (QED) is 0.758. The Labute approximate surface area is 125 Å². The van der Waals surface area contributed by atoms with Crippen LogP contribution in [0.15, 0.2) is 0 Å². The minimum Gasteiger partial charge on any atom is -0.380 e. The molecule has 1 aliphatic carbocycles. The molecule has 20 heavy (non-hydrogen) atoms. The Balaban J connectivity index is 1.81. The maximum absolute atomic E-state index is 5.85. The summed E-state index contributed by atoms with van der Waals surface area (Å²) in [6.45, 7) is 16.9. The highest BCUT2D eigenvalue weighted by Crippen LogP contribution is 2.29. The third-order valence-electron chi connectivity index (χ3n) is 4.85. The molecule has 1 heterocycles. The van der Waals surface area contributed by atoms with Crippen molar-refractivity contribution in [3.05, 3.63) is 0 Å². The molecule has 1 saturated heterocycles. The first kappa shape index (κ1) is 16.3. The Hall–Kier alpha value is -0.120. The molecule has 0 spiro atoms. The third kappa shape index (κ3) is 4.71. The first-order valence-corrected chi connectivity index (χ1v) is 8.43. The van der Waals surface area contributed by atoms with E-state index in [2.05, 4.69) is 44.8 Å². The summed E-state index contributed by atoms with van der Waals surface area (Å²) in [5, 5.41) is 3.76. The second-order valence-electron chi connectivity index (χ2n) is 8.15. The summed E-state index contributed by atoms with van der Waals surface area (Å²) in [7, 11) is 0. The monoisotopic (exact) mass is 282 g/mol. The molecule has 1 N–H and O–H groups in total. The second kappa shape index (κ2) is 6.76. The molecular weight excluding hydrogens is 248 g/mol.